The first-order valence-corrected chi connectivity index (χ1v) is 8.96. The van der Waals surface area contributed by atoms with Crippen molar-refractivity contribution in [3.05, 3.63) is 72.8 Å². The summed E-state index contributed by atoms with van der Waals surface area (Å²) in [6, 6.07) is 16.5. The molecule has 0 fully saturated rings. The highest BCUT2D eigenvalue weighted by atomic mass is 32.2. The van der Waals surface area contributed by atoms with E-state index >= 15 is 0 Å². The van der Waals surface area contributed by atoms with Crippen LogP contribution in [0.4, 0.5) is 5.69 Å². The van der Waals surface area contributed by atoms with Crippen LogP contribution in [-0.2, 0) is 14.6 Å². The Labute approximate surface area is 141 Å². The minimum absolute atomic E-state index is 0.0945. The Bertz CT molecular complexity index is 801. The second-order valence-corrected chi connectivity index (χ2v) is 7.33. The van der Waals surface area contributed by atoms with Gasteiger partial charge in [0.25, 0.3) is 5.91 Å². The Hall–Kier alpha value is -2.44. The van der Waals surface area contributed by atoms with Crippen molar-refractivity contribution >= 4 is 21.4 Å². The number of benzene rings is 2. The molecule has 0 heterocycles. The van der Waals surface area contributed by atoms with Gasteiger partial charge in [-0.2, -0.15) is 0 Å². The average molecular weight is 345 g/mol. The lowest BCUT2D eigenvalue weighted by molar-refractivity contribution is -0.112. The maximum atomic E-state index is 12.8. The molecule has 1 unspecified atom stereocenters. The monoisotopic (exact) mass is 345 g/mol. The maximum Gasteiger partial charge on any atom is 0.252 e. The number of rotatable bonds is 7. The fourth-order valence-corrected chi connectivity index (χ4v) is 4.05. The third kappa shape index (κ3) is 4.10. The second-order valence-electron chi connectivity index (χ2n) is 5.20. The number of nitrogens with one attached hydrogen (secondary N) is 1. The molecule has 0 radical (unpaired) electrons. The summed E-state index contributed by atoms with van der Waals surface area (Å²) in [7, 11) is -3.82. The van der Waals surface area contributed by atoms with Gasteiger partial charge in [-0.1, -0.05) is 43.0 Å². The van der Waals surface area contributed by atoms with Crippen molar-refractivity contribution in [3.8, 4) is 0 Å². The largest absolute Gasteiger partial charge is 0.396 e. The van der Waals surface area contributed by atoms with Gasteiger partial charge in [0.2, 0.25) is 0 Å². The molecule has 0 aromatic heterocycles. The Morgan fingerprint density at radius 1 is 1.04 bits per heavy atom. The number of sulfone groups is 1. The van der Waals surface area contributed by atoms with Crippen LogP contribution in [0.2, 0.25) is 0 Å². The quantitative estimate of drug-likeness (QED) is 0.755. The van der Waals surface area contributed by atoms with Crippen LogP contribution in [-0.4, -0.2) is 31.3 Å². The van der Waals surface area contributed by atoms with Crippen molar-refractivity contribution in [2.75, 3.05) is 11.9 Å². The van der Waals surface area contributed by atoms with E-state index in [-0.39, 0.29) is 23.5 Å². The molecule has 0 bridgehead atoms. The molecule has 0 aliphatic carbocycles. The molecule has 2 N–H and O–H groups in total. The number of para-hydroxylation sites is 1. The Morgan fingerprint density at radius 2 is 1.58 bits per heavy atom. The van der Waals surface area contributed by atoms with E-state index in [1.54, 1.807) is 48.5 Å². The van der Waals surface area contributed by atoms with Crippen LogP contribution in [0.5, 0.6) is 0 Å². The van der Waals surface area contributed by atoms with E-state index in [1.807, 2.05) is 0 Å². The van der Waals surface area contributed by atoms with Gasteiger partial charge in [-0.05, 0) is 30.7 Å². The zero-order chi connectivity index (χ0) is 17.6. The summed E-state index contributed by atoms with van der Waals surface area (Å²) in [6.45, 7) is 3.29. The van der Waals surface area contributed by atoms with Crippen LogP contribution < -0.4 is 5.32 Å². The van der Waals surface area contributed by atoms with Gasteiger partial charge in [0.05, 0.1) is 10.1 Å². The molecule has 1 amide bonds. The van der Waals surface area contributed by atoms with E-state index in [1.165, 1.54) is 12.1 Å². The van der Waals surface area contributed by atoms with Gasteiger partial charge in [0.1, 0.15) is 0 Å². The molecule has 0 aliphatic rings. The van der Waals surface area contributed by atoms with Crippen molar-refractivity contribution < 1.29 is 18.3 Å². The Kier molecular flexibility index (Phi) is 5.89. The van der Waals surface area contributed by atoms with Gasteiger partial charge in [-0.3, -0.25) is 4.79 Å². The summed E-state index contributed by atoms with van der Waals surface area (Å²) in [5.74, 6) is -0.584. The summed E-state index contributed by atoms with van der Waals surface area (Å²) in [6.07, 6.45) is -0.0989. The standard InChI is InChI=1S/C18H19NO4S/c1-14(18(21)19-15-8-4-2-5-9-15)17(12-13-20)24(22,23)16-10-6-3-7-11-16/h2-11,17,20H,1,12-13H2,(H,19,21). The lowest BCUT2D eigenvalue weighted by atomic mass is 10.1. The minimum atomic E-state index is -3.82. The summed E-state index contributed by atoms with van der Waals surface area (Å²) < 4.78 is 25.5. The Morgan fingerprint density at radius 3 is 2.12 bits per heavy atom. The number of anilines is 1. The normalized spacial score (nSPS) is 12.4. The van der Waals surface area contributed by atoms with Crippen LogP contribution in [0, 0.1) is 0 Å². The third-order valence-electron chi connectivity index (χ3n) is 3.55. The highest BCUT2D eigenvalue weighted by molar-refractivity contribution is 7.92. The predicted molar refractivity (Wildman–Crippen MR) is 93.3 cm³/mol. The first kappa shape index (κ1) is 17.9. The predicted octanol–water partition coefficient (Wildman–Crippen LogP) is 2.41. The summed E-state index contributed by atoms with van der Waals surface area (Å²) in [5.41, 5.74) is 0.445. The number of hydrogen-bond acceptors (Lipinski definition) is 4. The Balaban J connectivity index is 2.26. The maximum absolute atomic E-state index is 12.8. The molecular weight excluding hydrogens is 326 g/mol. The minimum Gasteiger partial charge on any atom is -0.396 e. The van der Waals surface area contributed by atoms with Crippen molar-refractivity contribution in [2.24, 2.45) is 0 Å². The molecule has 24 heavy (non-hydrogen) atoms. The zero-order valence-electron chi connectivity index (χ0n) is 13.1. The van der Waals surface area contributed by atoms with Crippen molar-refractivity contribution in [1.82, 2.24) is 0 Å². The SMILES string of the molecule is C=C(C(=O)Nc1ccccc1)C(CCO)S(=O)(=O)c1ccccc1. The molecular formula is C18H19NO4S. The molecule has 2 aromatic carbocycles. The zero-order valence-corrected chi connectivity index (χ0v) is 13.9. The van der Waals surface area contributed by atoms with Gasteiger partial charge in [-0.25, -0.2) is 8.42 Å². The molecule has 0 saturated heterocycles. The highest BCUT2D eigenvalue weighted by Gasteiger charge is 2.32. The van der Waals surface area contributed by atoms with E-state index < -0.39 is 21.0 Å². The van der Waals surface area contributed by atoms with Crippen LogP contribution in [0.15, 0.2) is 77.7 Å². The summed E-state index contributed by atoms with van der Waals surface area (Å²) in [4.78, 5) is 12.4. The first-order valence-electron chi connectivity index (χ1n) is 7.42. The van der Waals surface area contributed by atoms with E-state index in [0.29, 0.717) is 5.69 Å². The second kappa shape index (κ2) is 7.90. The van der Waals surface area contributed by atoms with Gasteiger partial charge in [-0.15, -0.1) is 0 Å². The van der Waals surface area contributed by atoms with E-state index in [4.69, 9.17) is 0 Å². The van der Waals surface area contributed by atoms with Gasteiger partial charge in [0, 0.05) is 17.9 Å². The fourth-order valence-electron chi connectivity index (χ4n) is 2.29. The average Bonchev–Trinajstić information content (AvgIpc) is 2.60. The molecule has 2 rings (SSSR count). The fraction of sp³-hybridized carbons (Fsp3) is 0.167. The molecule has 1 atom stereocenters. The number of carbonyl (C=O) groups is 1. The molecule has 6 heteroatoms. The molecule has 0 spiro atoms. The van der Waals surface area contributed by atoms with E-state index in [2.05, 4.69) is 11.9 Å². The van der Waals surface area contributed by atoms with Crippen molar-refractivity contribution in [1.29, 1.82) is 0 Å². The number of aliphatic hydroxyl groups excluding tert-OH is 1. The molecule has 0 saturated carbocycles. The number of amides is 1. The number of hydrogen-bond donors (Lipinski definition) is 2. The third-order valence-corrected chi connectivity index (χ3v) is 5.75. The molecule has 2 aromatic rings. The lowest BCUT2D eigenvalue weighted by Gasteiger charge is -2.19. The van der Waals surface area contributed by atoms with Crippen LogP contribution in [0.3, 0.4) is 0 Å². The highest BCUT2D eigenvalue weighted by Crippen LogP contribution is 2.24. The van der Waals surface area contributed by atoms with Gasteiger partial charge < -0.3 is 10.4 Å². The molecule has 0 aliphatic heterocycles. The van der Waals surface area contributed by atoms with Gasteiger partial charge >= 0.3 is 0 Å². The van der Waals surface area contributed by atoms with E-state index in [0.717, 1.165) is 0 Å². The van der Waals surface area contributed by atoms with Crippen LogP contribution in [0.1, 0.15) is 6.42 Å². The lowest BCUT2D eigenvalue weighted by Crippen LogP contribution is -2.31. The summed E-state index contributed by atoms with van der Waals surface area (Å²) in [5, 5.41) is 10.7. The molecule has 5 nitrogen and oxygen atoms in total. The van der Waals surface area contributed by atoms with Crippen LogP contribution in [0.25, 0.3) is 0 Å². The van der Waals surface area contributed by atoms with Crippen molar-refractivity contribution in [2.45, 2.75) is 16.6 Å². The van der Waals surface area contributed by atoms with Gasteiger partial charge in [0.15, 0.2) is 9.84 Å². The number of aliphatic hydroxyl groups is 1. The first-order chi connectivity index (χ1) is 11.5. The smallest absolute Gasteiger partial charge is 0.252 e. The van der Waals surface area contributed by atoms with Crippen molar-refractivity contribution in [3.63, 3.8) is 0 Å². The van der Waals surface area contributed by atoms with E-state index in [9.17, 15) is 18.3 Å². The topological polar surface area (TPSA) is 83.5 Å². The number of carbonyl (C=O) groups excluding carboxylic acids is 1. The molecule has 126 valence electrons. The van der Waals surface area contributed by atoms with Crippen LogP contribution >= 0.6 is 0 Å². The summed E-state index contributed by atoms with van der Waals surface area (Å²) >= 11 is 0.